The highest BCUT2D eigenvalue weighted by Crippen LogP contribution is 2.02. The second-order valence-electron chi connectivity index (χ2n) is 4.11. The van der Waals surface area contributed by atoms with Gasteiger partial charge in [0.05, 0.1) is 27.7 Å². The number of rotatable bonds is 3. The molecule has 9 nitrogen and oxygen atoms in total. The first-order valence-corrected chi connectivity index (χ1v) is 6.83. The molecule has 0 aromatic carbocycles. The zero-order valence-corrected chi connectivity index (χ0v) is 12.5. The highest BCUT2D eigenvalue weighted by molar-refractivity contribution is 7.86. The summed E-state index contributed by atoms with van der Waals surface area (Å²) < 4.78 is 60.6. The first-order valence-electron chi connectivity index (χ1n) is 4.78. The Labute approximate surface area is 118 Å². The first-order chi connectivity index (χ1) is 8.97. The van der Waals surface area contributed by atoms with Crippen LogP contribution in [0.5, 0.6) is 0 Å². The summed E-state index contributed by atoms with van der Waals surface area (Å²) in [6, 6.07) is 0. The van der Waals surface area contributed by atoms with E-state index in [2.05, 4.69) is 36.3 Å². The molecule has 0 saturated carbocycles. The van der Waals surface area contributed by atoms with Crippen molar-refractivity contribution in [2.24, 2.45) is 0 Å². The number of quaternary nitrogens is 1. The molecule has 0 unspecified atom stereocenters. The minimum absolute atomic E-state index is 0.281. The molecule has 0 saturated heterocycles. The van der Waals surface area contributed by atoms with Crippen LogP contribution in [0.15, 0.2) is 5.16 Å². The Morgan fingerprint density at radius 2 is 1.75 bits per heavy atom. The zero-order chi connectivity index (χ0) is 16.4. The van der Waals surface area contributed by atoms with E-state index >= 15 is 0 Å². The lowest BCUT2D eigenvalue weighted by atomic mass is 10.5. The lowest BCUT2D eigenvalue weighted by molar-refractivity contribution is -0.870. The maximum Gasteiger partial charge on any atom is 0.337 e. The van der Waals surface area contributed by atoms with E-state index in [1.54, 1.807) is 0 Å². The molecule has 0 radical (unpaired) electrons. The zero-order valence-electron chi connectivity index (χ0n) is 10.9. The van der Waals surface area contributed by atoms with Crippen molar-refractivity contribution in [1.29, 1.82) is 0 Å². The molecule has 118 valence electrons. The molecule has 0 bridgehead atoms. The first kappa shape index (κ1) is 21.0. The van der Waals surface area contributed by atoms with Crippen molar-refractivity contribution in [1.82, 2.24) is 15.2 Å². The van der Waals surface area contributed by atoms with E-state index in [0.29, 0.717) is 0 Å². The van der Waals surface area contributed by atoms with Crippen LogP contribution in [0, 0.1) is 6.08 Å². The SMILES string of the molecule is C[N+](C)(C)CCO.O=S(=O)(F)c1nnc(F)[n-]1.O=S=O. The second-order valence-corrected chi connectivity index (χ2v) is 5.48. The largest absolute Gasteiger partial charge is 0.391 e. The molecule has 0 fully saturated rings. The van der Waals surface area contributed by atoms with Crippen LogP contribution in [0.25, 0.3) is 0 Å². The average Bonchev–Trinajstić information content (AvgIpc) is 2.64. The Morgan fingerprint density at radius 3 is 1.85 bits per heavy atom. The highest BCUT2D eigenvalue weighted by atomic mass is 32.3. The van der Waals surface area contributed by atoms with Crippen molar-refractivity contribution in [2.45, 2.75) is 5.16 Å². The Hall–Kier alpha value is -1.31. The van der Waals surface area contributed by atoms with E-state index in [0.717, 1.165) is 11.0 Å². The Morgan fingerprint density at radius 1 is 1.30 bits per heavy atom. The molecule has 1 aromatic heterocycles. The van der Waals surface area contributed by atoms with Crippen LogP contribution >= 0.6 is 0 Å². The molecule has 1 heterocycles. The Bertz CT molecular complexity index is 522. The lowest BCUT2D eigenvalue weighted by Crippen LogP contribution is -2.36. The van der Waals surface area contributed by atoms with Gasteiger partial charge in [0.25, 0.3) is 0 Å². The third-order valence-electron chi connectivity index (χ3n) is 1.39. The highest BCUT2D eigenvalue weighted by Gasteiger charge is 2.09. The van der Waals surface area contributed by atoms with Gasteiger partial charge in [-0.25, -0.2) is 0 Å². The van der Waals surface area contributed by atoms with E-state index in [-0.39, 0.29) is 6.61 Å². The maximum absolute atomic E-state index is 11.8. The standard InChI is InChI=1S/C5H14NO.C2F2N3O2S.O2S/c1-6(2,3)4-5-7;3-1-5-2(7-6-1)10(4,8)9;1-3-2/h7H,4-5H2,1-3H3;;/q+1;-1;. The topological polar surface area (TPSA) is 128 Å². The third-order valence-corrected chi connectivity index (χ3v) is 2.00. The van der Waals surface area contributed by atoms with Crippen molar-refractivity contribution in [2.75, 3.05) is 34.3 Å². The van der Waals surface area contributed by atoms with Gasteiger partial charge in [-0.3, -0.25) is 0 Å². The lowest BCUT2D eigenvalue weighted by Gasteiger charge is -2.21. The summed E-state index contributed by atoms with van der Waals surface area (Å²) in [6.45, 7) is 1.11. The number of hydrogen-bond acceptors (Lipinski definition) is 7. The fourth-order valence-electron chi connectivity index (χ4n) is 0.611. The molecular weight excluding hydrogens is 322 g/mol. The number of aliphatic hydroxyl groups is 1. The molecule has 1 aromatic rings. The molecule has 20 heavy (non-hydrogen) atoms. The summed E-state index contributed by atoms with van der Waals surface area (Å²) in [5.74, 6) is 0. The van der Waals surface area contributed by atoms with E-state index in [1.165, 1.54) is 0 Å². The minimum Gasteiger partial charge on any atom is -0.391 e. The van der Waals surface area contributed by atoms with Gasteiger partial charge in [-0.1, -0.05) is 3.89 Å². The number of hydrogen-bond donors (Lipinski definition) is 1. The molecular formula is C7H14F2N4O5S2. The van der Waals surface area contributed by atoms with Crippen LogP contribution in [-0.4, -0.2) is 70.9 Å². The summed E-state index contributed by atoms with van der Waals surface area (Å²) in [5, 5.41) is 12.3. The molecule has 0 aliphatic rings. The van der Waals surface area contributed by atoms with E-state index in [1.807, 2.05) is 0 Å². The number of halogens is 2. The normalized spacial score (nSPS) is 10.7. The van der Waals surface area contributed by atoms with Gasteiger partial charge in [0.15, 0.2) is 6.08 Å². The van der Waals surface area contributed by atoms with Crippen molar-refractivity contribution in [3.8, 4) is 0 Å². The van der Waals surface area contributed by atoms with Gasteiger partial charge in [0.1, 0.15) is 11.7 Å². The fourth-order valence-corrected chi connectivity index (χ4v) is 0.934. The van der Waals surface area contributed by atoms with Gasteiger partial charge >= 0.3 is 21.8 Å². The van der Waals surface area contributed by atoms with Crippen LogP contribution in [0.4, 0.5) is 8.28 Å². The third kappa shape index (κ3) is 13.1. The summed E-state index contributed by atoms with van der Waals surface area (Å²) in [6.07, 6.45) is -1.36. The smallest absolute Gasteiger partial charge is 0.337 e. The molecule has 0 atom stereocenters. The summed E-state index contributed by atoms with van der Waals surface area (Å²) in [4.78, 5) is 2.53. The van der Waals surface area contributed by atoms with E-state index in [9.17, 15) is 16.7 Å². The fraction of sp³-hybridized carbons (Fsp3) is 0.714. The van der Waals surface area contributed by atoms with Crippen molar-refractivity contribution >= 4 is 21.8 Å². The monoisotopic (exact) mass is 336 g/mol. The van der Waals surface area contributed by atoms with Gasteiger partial charge in [0, 0.05) is 0 Å². The van der Waals surface area contributed by atoms with Crippen molar-refractivity contribution in [3.05, 3.63) is 6.08 Å². The predicted molar refractivity (Wildman–Crippen MR) is 62.5 cm³/mol. The van der Waals surface area contributed by atoms with Gasteiger partial charge in [-0.2, -0.15) is 21.2 Å². The Kier molecular flexibility index (Phi) is 10.0. The van der Waals surface area contributed by atoms with Crippen molar-refractivity contribution in [3.63, 3.8) is 0 Å². The van der Waals surface area contributed by atoms with E-state index in [4.69, 9.17) is 13.5 Å². The quantitative estimate of drug-likeness (QED) is 0.508. The average molecular weight is 336 g/mol. The second kappa shape index (κ2) is 9.57. The van der Waals surface area contributed by atoms with Gasteiger partial charge in [0.2, 0.25) is 0 Å². The van der Waals surface area contributed by atoms with Crippen LogP contribution in [0.1, 0.15) is 0 Å². The molecule has 0 spiro atoms. The maximum atomic E-state index is 11.8. The van der Waals surface area contributed by atoms with Crippen LogP contribution in [0.2, 0.25) is 0 Å². The number of aliphatic hydroxyl groups excluding tert-OH is 1. The predicted octanol–water partition coefficient (Wildman–Crippen LogP) is -1.75. The Balaban J connectivity index is 0. The number of likely N-dealkylation sites (N-methyl/N-ethyl adjacent to an activating group) is 1. The van der Waals surface area contributed by atoms with Crippen LogP contribution in [0.3, 0.4) is 0 Å². The van der Waals surface area contributed by atoms with Gasteiger partial charge in [-0.15, -0.1) is 0 Å². The van der Waals surface area contributed by atoms with Gasteiger partial charge in [-0.05, 0) is 0 Å². The van der Waals surface area contributed by atoms with Crippen LogP contribution in [-0.2, 0) is 21.8 Å². The summed E-state index contributed by atoms with van der Waals surface area (Å²) >= 11 is -0.750. The molecule has 1 rings (SSSR count). The molecule has 13 heteroatoms. The molecule has 0 aliphatic carbocycles. The van der Waals surface area contributed by atoms with Crippen LogP contribution < -0.4 is 4.98 Å². The number of aromatic nitrogens is 3. The van der Waals surface area contributed by atoms with Gasteiger partial charge < -0.3 is 24.8 Å². The van der Waals surface area contributed by atoms with E-state index < -0.39 is 33.0 Å². The minimum atomic E-state index is -5.01. The molecule has 0 aliphatic heterocycles. The number of nitrogens with zero attached hydrogens (tertiary/aromatic N) is 4. The summed E-state index contributed by atoms with van der Waals surface area (Å²) in [7, 11) is 1.15. The molecule has 0 amide bonds. The van der Waals surface area contributed by atoms with Crippen molar-refractivity contribution < 1.29 is 34.7 Å². The summed E-state index contributed by atoms with van der Waals surface area (Å²) in [5.41, 5.74) is 0. The molecule has 1 N–H and O–H groups in total.